The highest BCUT2D eigenvalue weighted by Crippen LogP contribution is 2.39. The zero-order valence-electron chi connectivity index (χ0n) is 18.3. The molecule has 1 aromatic rings. The Morgan fingerprint density at radius 1 is 1.10 bits per heavy atom. The Morgan fingerprint density at radius 3 is 2.90 bits per heavy atom. The second-order valence-electron chi connectivity index (χ2n) is 9.67. The minimum absolute atomic E-state index is 0.0826. The van der Waals surface area contributed by atoms with Crippen LogP contribution in [-0.4, -0.2) is 35.4 Å². The molecule has 0 amide bonds. The molecule has 2 aliphatic heterocycles. The highest BCUT2D eigenvalue weighted by Gasteiger charge is 2.30. The van der Waals surface area contributed by atoms with Crippen LogP contribution in [0.3, 0.4) is 0 Å². The zero-order chi connectivity index (χ0) is 21.2. The molecule has 1 aromatic carbocycles. The number of phenols is 1. The summed E-state index contributed by atoms with van der Waals surface area (Å²) in [4.78, 5) is 7.68. The van der Waals surface area contributed by atoms with Gasteiger partial charge in [-0.3, -0.25) is 4.99 Å². The third-order valence-corrected chi connectivity index (χ3v) is 7.59. The number of phenolic OH excluding ortho intramolecular Hbond substituents is 1. The van der Waals surface area contributed by atoms with Crippen molar-refractivity contribution in [1.29, 1.82) is 0 Å². The lowest BCUT2D eigenvalue weighted by molar-refractivity contribution is 0.237. The van der Waals surface area contributed by atoms with Gasteiger partial charge in [0, 0.05) is 29.3 Å². The highest BCUT2D eigenvalue weighted by atomic mass is 19.1. The largest absolute Gasteiger partial charge is 0.508 e. The Labute approximate surface area is 185 Å². The number of hydrogen-bond donors (Lipinski definition) is 1. The second kappa shape index (κ2) is 9.12. The molecule has 2 unspecified atom stereocenters. The van der Waals surface area contributed by atoms with Gasteiger partial charge in [-0.25, -0.2) is 4.39 Å². The standard InChI is InChI=1S/C27H33FN2O/c28-26-14-12-23(31)17-25(26)24-13-11-20-6-2-9-22(29-27(20)24)10-4-16-30-15-3-8-19-5-1-7-21(19)18-30/h2,9,11-14,17,19-21,31H,1,3-8,10,15-16,18H2/t19?,20?,21-/m0/s1. The summed E-state index contributed by atoms with van der Waals surface area (Å²) in [6, 6.07) is 4.22. The molecule has 2 aliphatic carbocycles. The first-order chi connectivity index (χ1) is 15.2. The SMILES string of the molecule is Oc1ccc(F)c(C2=C3N=C(CCCN4CCCC5CCC[C@H]5C4)C=CCC3C=C2)c1. The third kappa shape index (κ3) is 4.55. The molecular formula is C27H33FN2O. The van der Waals surface area contributed by atoms with E-state index in [9.17, 15) is 9.50 Å². The van der Waals surface area contributed by atoms with Crippen molar-refractivity contribution in [2.45, 2.75) is 51.4 Å². The lowest BCUT2D eigenvalue weighted by Crippen LogP contribution is -2.30. The van der Waals surface area contributed by atoms with Crippen LogP contribution in [0.25, 0.3) is 5.57 Å². The van der Waals surface area contributed by atoms with Crippen LogP contribution in [-0.2, 0) is 0 Å². The van der Waals surface area contributed by atoms with Gasteiger partial charge in [0.15, 0.2) is 0 Å². The second-order valence-corrected chi connectivity index (χ2v) is 9.67. The molecule has 5 rings (SSSR count). The van der Waals surface area contributed by atoms with E-state index in [0.29, 0.717) is 5.56 Å². The smallest absolute Gasteiger partial charge is 0.131 e. The molecule has 0 spiro atoms. The molecule has 2 fully saturated rings. The number of rotatable bonds is 5. The fourth-order valence-corrected chi connectivity index (χ4v) is 5.97. The lowest BCUT2D eigenvalue weighted by Gasteiger charge is -2.24. The predicted octanol–water partition coefficient (Wildman–Crippen LogP) is 6.12. The Kier molecular flexibility index (Phi) is 6.08. The van der Waals surface area contributed by atoms with Gasteiger partial charge in [-0.05, 0) is 87.7 Å². The molecule has 4 aliphatic rings. The molecule has 3 atom stereocenters. The van der Waals surface area contributed by atoms with Crippen LogP contribution in [0.2, 0.25) is 0 Å². The van der Waals surface area contributed by atoms with Gasteiger partial charge < -0.3 is 10.0 Å². The van der Waals surface area contributed by atoms with Crippen molar-refractivity contribution in [1.82, 2.24) is 4.90 Å². The van der Waals surface area contributed by atoms with E-state index in [0.717, 1.165) is 54.6 Å². The first-order valence-corrected chi connectivity index (χ1v) is 12.0. The number of hydrogen-bond acceptors (Lipinski definition) is 3. The first kappa shape index (κ1) is 20.7. The molecule has 2 heterocycles. The van der Waals surface area contributed by atoms with Crippen LogP contribution in [0, 0.1) is 23.6 Å². The molecule has 1 saturated carbocycles. The molecule has 4 heteroatoms. The van der Waals surface area contributed by atoms with Crippen LogP contribution in [0.5, 0.6) is 5.75 Å². The molecule has 0 radical (unpaired) electrons. The minimum Gasteiger partial charge on any atom is -0.508 e. The predicted molar refractivity (Wildman–Crippen MR) is 125 cm³/mol. The van der Waals surface area contributed by atoms with Gasteiger partial charge in [-0.1, -0.05) is 31.1 Å². The van der Waals surface area contributed by atoms with Crippen LogP contribution in [0.15, 0.2) is 53.2 Å². The molecule has 3 nitrogen and oxygen atoms in total. The van der Waals surface area contributed by atoms with Crippen LogP contribution in [0.4, 0.5) is 4.39 Å². The van der Waals surface area contributed by atoms with E-state index in [4.69, 9.17) is 4.99 Å². The number of halogens is 1. The van der Waals surface area contributed by atoms with Crippen molar-refractivity contribution in [3.05, 3.63) is 59.6 Å². The molecule has 1 saturated heterocycles. The van der Waals surface area contributed by atoms with E-state index in [1.807, 2.05) is 6.08 Å². The van der Waals surface area contributed by atoms with Gasteiger partial charge in [0.2, 0.25) is 0 Å². The van der Waals surface area contributed by atoms with Gasteiger partial charge in [0.1, 0.15) is 11.6 Å². The van der Waals surface area contributed by atoms with Gasteiger partial charge in [-0.2, -0.15) is 0 Å². The number of aromatic hydroxyl groups is 1. The number of aliphatic imine (C=N–C) groups is 1. The van der Waals surface area contributed by atoms with Gasteiger partial charge in [0.25, 0.3) is 0 Å². The van der Waals surface area contributed by atoms with Gasteiger partial charge in [-0.15, -0.1) is 0 Å². The van der Waals surface area contributed by atoms with Gasteiger partial charge >= 0.3 is 0 Å². The van der Waals surface area contributed by atoms with Crippen LogP contribution < -0.4 is 0 Å². The summed E-state index contributed by atoms with van der Waals surface area (Å²) in [7, 11) is 0. The molecular weight excluding hydrogens is 387 g/mol. The molecule has 0 bridgehead atoms. The highest BCUT2D eigenvalue weighted by molar-refractivity contribution is 5.97. The van der Waals surface area contributed by atoms with E-state index in [1.165, 1.54) is 63.4 Å². The summed E-state index contributed by atoms with van der Waals surface area (Å²) in [5, 5.41) is 9.85. The number of benzene rings is 1. The van der Waals surface area contributed by atoms with E-state index in [-0.39, 0.29) is 17.5 Å². The average molecular weight is 421 g/mol. The van der Waals surface area contributed by atoms with E-state index >= 15 is 0 Å². The van der Waals surface area contributed by atoms with Crippen molar-refractivity contribution >= 4 is 11.3 Å². The summed E-state index contributed by atoms with van der Waals surface area (Å²) < 4.78 is 14.5. The molecule has 1 N–H and O–H groups in total. The topological polar surface area (TPSA) is 35.8 Å². The third-order valence-electron chi connectivity index (χ3n) is 7.59. The molecule has 0 aromatic heterocycles. The first-order valence-electron chi connectivity index (χ1n) is 12.0. The van der Waals surface area contributed by atoms with Gasteiger partial charge in [0.05, 0.1) is 5.70 Å². The summed E-state index contributed by atoms with van der Waals surface area (Å²) in [6.07, 6.45) is 18.5. The van der Waals surface area contributed by atoms with Crippen molar-refractivity contribution in [2.24, 2.45) is 22.7 Å². The summed E-state index contributed by atoms with van der Waals surface area (Å²) >= 11 is 0. The number of nitrogens with zero attached hydrogens (tertiary/aromatic N) is 2. The average Bonchev–Trinajstić information content (AvgIpc) is 3.24. The van der Waals surface area contributed by atoms with E-state index < -0.39 is 0 Å². The number of likely N-dealkylation sites (tertiary alicyclic amines) is 1. The summed E-state index contributed by atoms with van der Waals surface area (Å²) in [6.45, 7) is 3.67. The quantitative estimate of drug-likeness (QED) is 0.623. The lowest BCUT2D eigenvalue weighted by atomic mass is 9.93. The van der Waals surface area contributed by atoms with Crippen molar-refractivity contribution in [3.8, 4) is 5.75 Å². The fourth-order valence-electron chi connectivity index (χ4n) is 5.97. The summed E-state index contributed by atoms with van der Waals surface area (Å²) in [5.74, 6) is 1.86. The zero-order valence-corrected chi connectivity index (χ0v) is 18.3. The molecule has 164 valence electrons. The molecule has 31 heavy (non-hydrogen) atoms. The van der Waals surface area contributed by atoms with Crippen LogP contribution >= 0.6 is 0 Å². The normalized spacial score (nSPS) is 28.3. The van der Waals surface area contributed by atoms with Crippen molar-refractivity contribution in [3.63, 3.8) is 0 Å². The van der Waals surface area contributed by atoms with Crippen molar-refractivity contribution < 1.29 is 9.50 Å². The Morgan fingerprint density at radius 2 is 1.97 bits per heavy atom. The Hall–Kier alpha value is -2.20. The van der Waals surface area contributed by atoms with Crippen LogP contribution in [0.1, 0.15) is 56.9 Å². The Bertz CT molecular complexity index is 945. The minimum atomic E-state index is -0.314. The van der Waals surface area contributed by atoms with E-state index in [2.05, 4.69) is 23.1 Å². The monoisotopic (exact) mass is 420 g/mol. The van der Waals surface area contributed by atoms with Crippen molar-refractivity contribution in [2.75, 3.05) is 19.6 Å². The summed E-state index contributed by atoms with van der Waals surface area (Å²) in [5.41, 5.74) is 3.27. The van der Waals surface area contributed by atoms with E-state index in [1.54, 1.807) is 0 Å². The number of fused-ring (bicyclic) bond motifs is 2. The maximum Gasteiger partial charge on any atom is 0.131 e. The maximum absolute atomic E-state index is 14.5. The Balaban J connectivity index is 1.28. The number of allylic oxidation sites excluding steroid dienone is 5. The fraction of sp³-hybridized carbons (Fsp3) is 0.519. The maximum atomic E-state index is 14.5.